The van der Waals surface area contributed by atoms with Crippen LogP contribution in [0.4, 0.5) is 0 Å². The van der Waals surface area contributed by atoms with Crippen molar-refractivity contribution in [1.29, 1.82) is 0 Å². The lowest BCUT2D eigenvalue weighted by molar-refractivity contribution is 0.274. The van der Waals surface area contributed by atoms with Crippen molar-refractivity contribution < 1.29 is 0 Å². The third-order valence-corrected chi connectivity index (χ3v) is 3.00. The molecule has 0 saturated heterocycles. The van der Waals surface area contributed by atoms with Crippen molar-refractivity contribution in [3.63, 3.8) is 0 Å². The van der Waals surface area contributed by atoms with Crippen LogP contribution in [0, 0.1) is 5.92 Å². The van der Waals surface area contributed by atoms with E-state index < -0.39 is 0 Å². The second kappa shape index (κ2) is 7.20. The van der Waals surface area contributed by atoms with Gasteiger partial charge >= 0.3 is 0 Å². The Balaban J connectivity index is 1.91. The Morgan fingerprint density at radius 2 is 1.80 bits per heavy atom. The fourth-order valence-electron chi connectivity index (χ4n) is 1.71. The Bertz CT molecular complexity index is 155. The minimum atomic E-state index is 1.02. The Labute approximate surface area is 94.8 Å². The highest BCUT2D eigenvalue weighted by atomic mass is 15.1. The monoisotopic (exact) mass is 213 g/mol. The third kappa shape index (κ3) is 6.88. The van der Waals surface area contributed by atoms with Crippen LogP contribution < -0.4 is 5.32 Å². The molecule has 90 valence electrons. The maximum absolute atomic E-state index is 3.49. The Morgan fingerprint density at radius 1 is 1.13 bits per heavy atom. The molecule has 0 aromatic heterocycles. The number of likely N-dealkylation sites (N-methyl/N-ethyl adjacent to an activating group) is 2. The van der Waals surface area contributed by atoms with Gasteiger partial charge in [0.15, 0.2) is 0 Å². The van der Waals surface area contributed by atoms with Crippen LogP contribution in [-0.4, -0.2) is 63.2 Å². The molecule has 0 spiro atoms. The highest BCUT2D eigenvalue weighted by Gasteiger charge is 2.23. The van der Waals surface area contributed by atoms with Crippen LogP contribution in [0.2, 0.25) is 0 Å². The first kappa shape index (κ1) is 12.9. The summed E-state index contributed by atoms with van der Waals surface area (Å²) in [4.78, 5) is 4.79. The molecule has 1 rings (SSSR count). The second-order valence-corrected chi connectivity index (χ2v) is 4.89. The van der Waals surface area contributed by atoms with E-state index >= 15 is 0 Å². The van der Waals surface area contributed by atoms with Crippen LogP contribution in [0.5, 0.6) is 0 Å². The fraction of sp³-hybridized carbons (Fsp3) is 1.00. The molecule has 0 unspecified atom stereocenters. The van der Waals surface area contributed by atoms with E-state index in [1.807, 2.05) is 0 Å². The average molecular weight is 213 g/mol. The molecular formula is C12H27N3. The molecule has 0 amide bonds. The molecule has 1 N–H and O–H groups in total. The van der Waals surface area contributed by atoms with Crippen LogP contribution >= 0.6 is 0 Å². The molecule has 1 saturated carbocycles. The van der Waals surface area contributed by atoms with Crippen LogP contribution in [-0.2, 0) is 0 Å². The van der Waals surface area contributed by atoms with Gasteiger partial charge in [-0.25, -0.2) is 0 Å². The fourth-order valence-corrected chi connectivity index (χ4v) is 1.71. The number of nitrogens with one attached hydrogen (secondary N) is 1. The van der Waals surface area contributed by atoms with Crippen LogP contribution in [0.15, 0.2) is 0 Å². The van der Waals surface area contributed by atoms with Gasteiger partial charge in [-0.05, 0) is 39.4 Å². The van der Waals surface area contributed by atoms with Gasteiger partial charge in [0, 0.05) is 32.7 Å². The number of hydrogen-bond acceptors (Lipinski definition) is 3. The van der Waals surface area contributed by atoms with Crippen LogP contribution in [0.25, 0.3) is 0 Å². The van der Waals surface area contributed by atoms with Crippen LogP contribution in [0.1, 0.15) is 19.8 Å². The molecule has 3 heteroatoms. The third-order valence-electron chi connectivity index (χ3n) is 3.00. The summed E-state index contributed by atoms with van der Waals surface area (Å²) in [5.74, 6) is 1.02. The Hall–Kier alpha value is -0.120. The summed E-state index contributed by atoms with van der Waals surface area (Å²) in [5.41, 5.74) is 0. The largest absolute Gasteiger partial charge is 0.314 e. The second-order valence-electron chi connectivity index (χ2n) is 4.89. The highest BCUT2D eigenvalue weighted by molar-refractivity contribution is 4.77. The van der Waals surface area contributed by atoms with Gasteiger partial charge in [0.05, 0.1) is 0 Å². The van der Waals surface area contributed by atoms with Gasteiger partial charge in [-0.2, -0.15) is 0 Å². The molecule has 0 aliphatic heterocycles. The van der Waals surface area contributed by atoms with E-state index in [1.54, 1.807) is 0 Å². The Kier molecular flexibility index (Phi) is 6.22. The smallest absolute Gasteiger partial charge is 0.0107 e. The SMILES string of the molecule is CCN(CCNCCN(C)C)CC1CC1. The molecule has 0 aromatic rings. The van der Waals surface area contributed by atoms with Crippen molar-refractivity contribution in [2.24, 2.45) is 5.92 Å². The summed E-state index contributed by atoms with van der Waals surface area (Å²) in [7, 11) is 4.24. The summed E-state index contributed by atoms with van der Waals surface area (Å²) in [5, 5.41) is 3.49. The van der Waals surface area contributed by atoms with Gasteiger partial charge < -0.3 is 15.1 Å². The average Bonchev–Trinajstić information content (AvgIpc) is 2.99. The predicted molar refractivity (Wildman–Crippen MR) is 66.3 cm³/mol. The van der Waals surface area contributed by atoms with Gasteiger partial charge in [-0.3, -0.25) is 0 Å². The Morgan fingerprint density at radius 3 is 2.33 bits per heavy atom. The molecule has 1 aliphatic rings. The van der Waals surface area contributed by atoms with E-state index in [4.69, 9.17) is 0 Å². The first-order valence-electron chi connectivity index (χ1n) is 6.30. The lowest BCUT2D eigenvalue weighted by atomic mass is 10.3. The standard InChI is InChI=1S/C12H27N3/c1-4-15(11-12-5-6-12)10-8-13-7-9-14(2)3/h12-13H,4-11H2,1-3H3. The maximum atomic E-state index is 3.49. The predicted octanol–water partition coefficient (Wildman–Crippen LogP) is 0.870. The normalized spacial score (nSPS) is 16.6. The van der Waals surface area contributed by atoms with Gasteiger partial charge in [-0.1, -0.05) is 6.92 Å². The molecule has 1 aliphatic carbocycles. The minimum absolute atomic E-state index is 1.02. The number of hydrogen-bond donors (Lipinski definition) is 1. The zero-order valence-corrected chi connectivity index (χ0v) is 10.6. The van der Waals surface area contributed by atoms with Crippen molar-refractivity contribution in [3.05, 3.63) is 0 Å². The molecule has 0 bridgehead atoms. The summed E-state index contributed by atoms with van der Waals surface area (Å²) >= 11 is 0. The topological polar surface area (TPSA) is 18.5 Å². The molecule has 0 radical (unpaired) electrons. The van der Waals surface area contributed by atoms with E-state index in [-0.39, 0.29) is 0 Å². The molecule has 0 aromatic carbocycles. The quantitative estimate of drug-likeness (QED) is 0.573. The first-order valence-corrected chi connectivity index (χ1v) is 6.30. The summed E-state index contributed by atoms with van der Waals surface area (Å²) in [6, 6.07) is 0. The van der Waals surface area contributed by atoms with Crippen molar-refractivity contribution in [3.8, 4) is 0 Å². The van der Waals surface area contributed by atoms with E-state index in [2.05, 4.69) is 36.1 Å². The van der Waals surface area contributed by atoms with Gasteiger partial charge in [-0.15, -0.1) is 0 Å². The maximum Gasteiger partial charge on any atom is 0.0107 e. The molecule has 0 atom stereocenters. The van der Waals surface area contributed by atoms with Gasteiger partial charge in [0.25, 0.3) is 0 Å². The molecular weight excluding hydrogens is 186 g/mol. The van der Waals surface area contributed by atoms with Crippen molar-refractivity contribution in [2.75, 3.05) is 53.4 Å². The summed E-state index contributed by atoms with van der Waals surface area (Å²) in [6.07, 6.45) is 2.93. The molecule has 1 fully saturated rings. The number of nitrogens with zero attached hydrogens (tertiary/aromatic N) is 2. The first-order chi connectivity index (χ1) is 7.22. The van der Waals surface area contributed by atoms with E-state index in [1.165, 1.54) is 32.5 Å². The lowest BCUT2D eigenvalue weighted by Gasteiger charge is -2.20. The molecule has 15 heavy (non-hydrogen) atoms. The molecule has 0 heterocycles. The zero-order chi connectivity index (χ0) is 11.1. The van der Waals surface area contributed by atoms with E-state index in [0.29, 0.717) is 0 Å². The van der Waals surface area contributed by atoms with E-state index in [9.17, 15) is 0 Å². The summed E-state index contributed by atoms with van der Waals surface area (Å²) < 4.78 is 0. The minimum Gasteiger partial charge on any atom is -0.314 e. The van der Waals surface area contributed by atoms with Gasteiger partial charge in [0.2, 0.25) is 0 Å². The van der Waals surface area contributed by atoms with Crippen molar-refractivity contribution in [2.45, 2.75) is 19.8 Å². The van der Waals surface area contributed by atoms with Crippen molar-refractivity contribution >= 4 is 0 Å². The number of rotatable bonds is 9. The highest BCUT2D eigenvalue weighted by Crippen LogP contribution is 2.29. The summed E-state index contributed by atoms with van der Waals surface area (Å²) in [6.45, 7) is 9.37. The van der Waals surface area contributed by atoms with E-state index in [0.717, 1.165) is 25.6 Å². The van der Waals surface area contributed by atoms with Crippen LogP contribution in [0.3, 0.4) is 0 Å². The lowest BCUT2D eigenvalue weighted by Crippen LogP contribution is -2.35. The zero-order valence-electron chi connectivity index (χ0n) is 10.6. The molecule has 3 nitrogen and oxygen atoms in total. The van der Waals surface area contributed by atoms with Crippen molar-refractivity contribution in [1.82, 2.24) is 15.1 Å². The van der Waals surface area contributed by atoms with Gasteiger partial charge in [0.1, 0.15) is 0 Å².